The number of aryl methyl sites for hydroxylation is 1. The summed E-state index contributed by atoms with van der Waals surface area (Å²) >= 11 is 3.40. The summed E-state index contributed by atoms with van der Waals surface area (Å²) in [4.78, 5) is 0. The highest BCUT2D eigenvalue weighted by Gasteiger charge is 2.06. The van der Waals surface area contributed by atoms with E-state index in [0.717, 1.165) is 15.8 Å². The first-order chi connectivity index (χ1) is 8.60. The predicted octanol–water partition coefficient (Wildman–Crippen LogP) is 4.00. The lowest BCUT2D eigenvalue weighted by Crippen LogP contribution is -1.94. The summed E-state index contributed by atoms with van der Waals surface area (Å²) in [6.07, 6.45) is 0. The molecule has 18 heavy (non-hydrogen) atoms. The zero-order chi connectivity index (χ0) is 13.1. The van der Waals surface area contributed by atoms with Crippen LogP contribution in [-0.2, 0) is 0 Å². The van der Waals surface area contributed by atoms with E-state index in [2.05, 4.69) is 22.0 Å². The SMILES string of the molecule is Cc1cc(Br)ccc1Oc1cc(C#N)ccc1N. The first-order valence-electron chi connectivity index (χ1n) is 5.34. The summed E-state index contributed by atoms with van der Waals surface area (Å²) in [6, 6.07) is 12.7. The van der Waals surface area contributed by atoms with Crippen LogP contribution < -0.4 is 10.5 Å². The third kappa shape index (κ3) is 2.63. The Balaban J connectivity index is 2.37. The smallest absolute Gasteiger partial charge is 0.151 e. The van der Waals surface area contributed by atoms with Crippen LogP contribution in [0.3, 0.4) is 0 Å². The molecule has 2 aromatic carbocycles. The number of benzene rings is 2. The highest BCUT2D eigenvalue weighted by Crippen LogP contribution is 2.31. The molecule has 0 aliphatic carbocycles. The third-order valence-corrected chi connectivity index (χ3v) is 2.99. The molecule has 0 heterocycles. The molecule has 2 N–H and O–H groups in total. The summed E-state index contributed by atoms with van der Waals surface area (Å²) in [7, 11) is 0. The van der Waals surface area contributed by atoms with Crippen LogP contribution in [0.15, 0.2) is 40.9 Å². The van der Waals surface area contributed by atoms with Crippen molar-refractivity contribution in [3.05, 3.63) is 52.0 Å². The molecule has 0 aromatic heterocycles. The van der Waals surface area contributed by atoms with Crippen molar-refractivity contribution in [1.82, 2.24) is 0 Å². The Hall–Kier alpha value is -1.99. The lowest BCUT2D eigenvalue weighted by molar-refractivity contribution is 0.481. The third-order valence-electron chi connectivity index (χ3n) is 2.50. The highest BCUT2D eigenvalue weighted by atomic mass is 79.9. The van der Waals surface area contributed by atoms with Gasteiger partial charge in [-0.3, -0.25) is 0 Å². The molecule has 0 spiro atoms. The molecule has 0 unspecified atom stereocenters. The monoisotopic (exact) mass is 302 g/mol. The summed E-state index contributed by atoms with van der Waals surface area (Å²) in [6.45, 7) is 1.95. The molecule has 0 fully saturated rings. The summed E-state index contributed by atoms with van der Waals surface area (Å²) in [5, 5.41) is 8.86. The molecular weight excluding hydrogens is 292 g/mol. The van der Waals surface area contributed by atoms with Gasteiger partial charge in [0.15, 0.2) is 5.75 Å². The second kappa shape index (κ2) is 5.11. The van der Waals surface area contributed by atoms with E-state index < -0.39 is 0 Å². The van der Waals surface area contributed by atoms with Gasteiger partial charge in [0.05, 0.1) is 17.3 Å². The van der Waals surface area contributed by atoms with Crippen LogP contribution in [0.2, 0.25) is 0 Å². The number of hydrogen-bond acceptors (Lipinski definition) is 3. The summed E-state index contributed by atoms with van der Waals surface area (Å²) < 4.78 is 6.73. The van der Waals surface area contributed by atoms with Gasteiger partial charge in [-0.25, -0.2) is 0 Å². The Kier molecular flexibility index (Phi) is 3.54. The second-order valence-electron chi connectivity index (χ2n) is 3.88. The minimum atomic E-state index is 0.500. The fourth-order valence-electron chi connectivity index (χ4n) is 1.54. The Labute approximate surface area is 114 Å². The van der Waals surface area contributed by atoms with E-state index in [1.165, 1.54) is 0 Å². The van der Waals surface area contributed by atoms with Crippen LogP contribution in [0, 0.1) is 18.3 Å². The van der Waals surface area contributed by atoms with Crippen molar-refractivity contribution in [2.45, 2.75) is 6.92 Å². The summed E-state index contributed by atoms with van der Waals surface area (Å²) in [5.41, 5.74) is 7.85. The molecule has 4 heteroatoms. The number of hydrogen-bond donors (Lipinski definition) is 1. The molecule has 0 saturated carbocycles. The van der Waals surface area contributed by atoms with E-state index in [1.54, 1.807) is 18.2 Å². The van der Waals surface area contributed by atoms with Crippen LogP contribution in [0.1, 0.15) is 11.1 Å². The molecule has 3 nitrogen and oxygen atoms in total. The predicted molar refractivity (Wildman–Crippen MR) is 74.5 cm³/mol. The molecule has 2 rings (SSSR count). The normalized spacial score (nSPS) is 9.83. The quantitative estimate of drug-likeness (QED) is 0.853. The molecule has 0 radical (unpaired) electrons. The van der Waals surface area contributed by atoms with Crippen molar-refractivity contribution in [1.29, 1.82) is 5.26 Å². The largest absolute Gasteiger partial charge is 0.455 e. The highest BCUT2D eigenvalue weighted by molar-refractivity contribution is 9.10. The van der Waals surface area contributed by atoms with Crippen molar-refractivity contribution in [3.8, 4) is 17.6 Å². The summed E-state index contributed by atoms with van der Waals surface area (Å²) in [5.74, 6) is 1.22. The molecule has 0 bridgehead atoms. The van der Waals surface area contributed by atoms with Gasteiger partial charge in [-0.05, 0) is 42.8 Å². The zero-order valence-corrected chi connectivity index (χ0v) is 11.4. The number of nitrogen functional groups attached to an aromatic ring is 1. The van der Waals surface area contributed by atoms with Gasteiger partial charge in [0.1, 0.15) is 5.75 Å². The van der Waals surface area contributed by atoms with Gasteiger partial charge >= 0.3 is 0 Å². The van der Waals surface area contributed by atoms with E-state index in [0.29, 0.717) is 17.0 Å². The standard InChI is InChI=1S/C14H11BrN2O/c1-9-6-11(15)3-5-13(9)18-14-7-10(8-16)2-4-12(14)17/h2-7H,17H2,1H3. The van der Waals surface area contributed by atoms with Crippen LogP contribution >= 0.6 is 15.9 Å². The fraction of sp³-hybridized carbons (Fsp3) is 0.0714. The lowest BCUT2D eigenvalue weighted by atomic mass is 10.2. The van der Waals surface area contributed by atoms with Gasteiger partial charge in [-0.2, -0.15) is 5.26 Å². The molecule has 2 aromatic rings. The van der Waals surface area contributed by atoms with E-state index in [1.807, 2.05) is 25.1 Å². The average molecular weight is 303 g/mol. The maximum atomic E-state index is 8.86. The Morgan fingerprint density at radius 3 is 2.61 bits per heavy atom. The van der Waals surface area contributed by atoms with E-state index >= 15 is 0 Å². The van der Waals surface area contributed by atoms with Gasteiger partial charge in [0, 0.05) is 10.5 Å². The first kappa shape index (κ1) is 12.5. The van der Waals surface area contributed by atoms with Gasteiger partial charge in [0.2, 0.25) is 0 Å². The topological polar surface area (TPSA) is 59.0 Å². The molecule has 90 valence electrons. The van der Waals surface area contributed by atoms with Gasteiger partial charge < -0.3 is 10.5 Å². The maximum Gasteiger partial charge on any atom is 0.151 e. The number of halogens is 1. The van der Waals surface area contributed by atoms with E-state index in [-0.39, 0.29) is 0 Å². The minimum Gasteiger partial charge on any atom is -0.455 e. The first-order valence-corrected chi connectivity index (χ1v) is 6.13. The molecule has 0 saturated heterocycles. The number of rotatable bonds is 2. The van der Waals surface area contributed by atoms with Crippen molar-refractivity contribution in [2.24, 2.45) is 0 Å². The van der Waals surface area contributed by atoms with Crippen molar-refractivity contribution in [2.75, 3.05) is 5.73 Å². The Bertz CT molecular complexity index is 632. The number of nitriles is 1. The Morgan fingerprint density at radius 2 is 1.94 bits per heavy atom. The van der Waals surface area contributed by atoms with Crippen LogP contribution in [0.5, 0.6) is 11.5 Å². The number of ether oxygens (including phenoxy) is 1. The van der Waals surface area contributed by atoms with Crippen molar-refractivity contribution < 1.29 is 4.74 Å². The van der Waals surface area contributed by atoms with E-state index in [4.69, 9.17) is 15.7 Å². The maximum absolute atomic E-state index is 8.86. The molecule has 0 amide bonds. The molecule has 0 aliphatic rings. The van der Waals surface area contributed by atoms with Crippen LogP contribution in [-0.4, -0.2) is 0 Å². The zero-order valence-electron chi connectivity index (χ0n) is 9.77. The van der Waals surface area contributed by atoms with E-state index in [9.17, 15) is 0 Å². The minimum absolute atomic E-state index is 0.500. The number of anilines is 1. The molecule has 0 aliphatic heterocycles. The number of nitrogens with two attached hydrogens (primary N) is 1. The van der Waals surface area contributed by atoms with Crippen molar-refractivity contribution >= 4 is 21.6 Å². The lowest BCUT2D eigenvalue weighted by Gasteiger charge is -2.11. The number of nitrogens with zero attached hydrogens (tertiary/aromatic N) is 1. The fourth-order valence-corrected chi connectivity index (χ4v) is 2.01. The van der Waals surface area contributed by atoms with Gasteiger partial charge in [-0.1, -0.05) is 15.9 Å². The second-order valence-corrected chi connectivity index (χ2v) is 4.79. The van der Waals surface area contributed by atoms with Crippen molar-refractivity contribution in [3.63, 3.8) is 0 Å². The molecular formula is C14H11BrN2O. The molecule has 0 atom stereocenters. The van der Waals surface area contributed by atoms with Crippen LogP contribution in [0.4, 0.5) is 5.69 Å². The van der Waals surface area contributed by atoms with Gasteiger partial charge in [-0.15, -0.1) is 0 Å². The average Bonchev–Trinajstić information content (AvgIpc) is 2.35. The Morgan fingerprint density at radius 1 is 1.17 bits per heavy atom. The van der Waals surface area contributed by atoms with Crippen LogP contribution in [0.25, 0.3) is 0 Å². The van der Waals surface area contributed by atoms with Gasteiger partial charge in [0.25, 0.3) is 0 Å².